The molecule has 0 saturated heterocycles. The zero-order valence-corrected chi connectivity index (χ0v) is 8.67. The highest BCUT2D eigenvalue weighted by atomic mass is 14.7. The highest BCUT2D eigenvalue weighted by Gasteiger charge is 2.23. The number of rotatable bonds is 7. The summed E-state index contributed by atoms with van der Waals surface area (Å²) in [5.74, 6) is 0.861. The van der Waals surface area contributed by atoms with Crippen LogP contribution in [0.2, 0.25) is 0 Å². The van der Waals surface area contributed by atoms with Gasteiger partial charge in [-0.05, 0) is 38.0 Å². The Kier molecular flexibility index (Phi) is 5.14. The van der Waals surface area contributed by atoms with Crippen molar-refractivity contribution in [2.45, 2.75) is 57.4 Å². The fraction of sp³-hybridized carbons (Fsp3) is 0.833. The average molecular weight is 181 g/mol. The lowest BCUT2D eigenvalue weighted by Gasteiger charge is -2.31. The molecule has 1 fully saturated rings. The topological polar surface area (TPSA) is 26.0 Å². The van der Waals surface area contributed by atoms with Gasteiger partial charge in [0.2, 0.25) is 0 Å². The molecular weight excluding hydrogens is 158 g/mol. The van der Waals surface area contributed by atoms with E-state index >= 15 is 0 Å². The molecular formula is C12H23N. The molecule has 1 heteroatoms. The zero-order valence-electron chi connectivity index (χ0n) is 8.67. The van der Waals surface area contributed by atoms with E-state index in [1.165, 1.54) is 51.4 Å². The van der Waals surface area contributed by atoms with Gasteiger partial charge in [-0.15, -0.1) is 6.58 Å². The molecule has 0 aromatic heterocycles. The second-order valence-electron chi connectivity index (χ2n) is 4.28. The van der Waals surface area contributed by atoms with Crippen LogP contribution in [0, 0.1) is 5.92 Å². The Morgan fingerprint density at radius 3 is 2.62 bits per heavy atom. The Morgan fingerprint density at radius 1 is 1.31 bits per heavy atom. The van der Waals surface area contributed by atoms with Crippen LogP contribution in [0.3, 0.4) is 0 Å². The molecule has 0 aliphatic heterocycles. The summed E-state index contributed by atoms with van der Waals surface area (Å²) in [6, 6.07) is 0.498. The van der Waals surface area contributed by atoms with Crippen molar-refractivity contribution < 1.29 is 0 Å². The van der Waals surface area contributed by atoms with Crippen LogP contribution in [0.1, 0.15) is 51.4 Å². The van der Waals surface area contributed by atoms with Gasteiger partial charge in [0, 0.05) is 6.04 Å². The van der Waals surface area contributed by atoms with Gasteiger partial charge in [-0.2, -0.15) is 0 Å². The van der Waals surface area contributed by atoms with Gasteiger partial charge >= 0.3 is 0 Å². The van der Waals surface area contributed by atoms with Crippen molar-refractivity contribution in [3.8, 4) is 0 Å². The van der Waals surface area contributed by atoms with E-state index in [4.69, 9.17) is 5.73 Å². The van der Waals surface area contributed by atoms with Crippen LogP contribution < -0.4 is 5.73 Å². The first kappa shape index (κ1) is 10.8. The maximum Gasteiger partial charge on any atom is 0.00671 e. The maximum absolute atomic E-state index is 6.07. The van der Waals surface area contributed by atoms with Crippen molar-refractivity contribution in [2.24, 2.45) is 11.7 Å². The summed E-state index contributed by atoms with van der Waals surface area (Å²) < 4.78 is 0. The van der Waals surface area contributed by atoms with Crippen LogP contribution in [-0.2, 0) is 0 Å². The average Bonchev–Trinajstić information content (AvgIpc) is 2.01. The van der Waals surface area contributed by atoms with Gasteiger partial charge in [0.25, 0.3) is 0 Å². The smallest absolute Gasteiger partial charge is 0.00671 e. The maximum atomic E-state index is 6.07. The van der Waals surface area contributed by atoms with E-state index in [0.717, 1.165) is 5.92 Å². The standard InChI is InChI=1S/C12H23N/c1-2-3-4-5-6-10-12(13)11-8-7-9-11/h2,11-12H,1,3-10,13H2. The molecule has 0 radical (unpaired) electrons. The number of nitrogens with two attached hydrogens (primary N) is 1. The largest absolute Gasteiger partial charge is 0.327 e. The molecule has 2 N–H and O–H groups in total. The van der Waals surface area contributed by atoms with Crippen LogP contribution in [-0.4, -0.2) is 6.04 Å². The molecule has 76 valence electrons. The molecule has 0 bridgehead atoms. The fourth-order valence-electron chi connectivity index (χ4n) is 1.95. The molecule has 0 heterocycles. The first-order valence-corrected chi connectivity index (χ1v) is 5.71. The zero-order chi connectivity index (χ0) is 9.52. The van der Waals surface area contributed by atoms with Crippen molar-refractivity contribution >= 4 is 0 Å². The van der Waals surface area contributed by atoms with Crippen LogP contribution in [0.5, 0.6) is 0 Å². The van der Waals surface area contributed by atoms with E-state index in [1.54, 1.807) is 0 Å². The Bertz CT molecular complexity index is 138. The fourth-order valence-corrected chi connectivity index (χ4v) is 1.95. The van der Waals surface area contributed by atoms with Crippen LogP contribution in [0.25, 0.3) is 0 Å². The first-order valence-electron chi connectivity index (χ1n) is 5.71. The molecule has 1 nitrogen and oxygen atoms in total. The molecule has 1 aliphatic carbocycles. The van der Waals surface area contributed by atoms with Crippen LogP contribution in [0.15, 0.2) is 12.7 Å². The van der Waals surface area contributed by atoms with E-state index in [0.29, 0.717) is 6.04 Å². The minimum atomic E-state index is 0.498. The highest BCUT2D eigenvalue weighted by Crippen LogP contribution is 2.30. The van der Waals surface area contributed by atoms with E-state index in [2.05, 4.69) is 6.58 Å². The van der Waals surface area contributed by atoms with E-state index < -0.39 is 0 Å². The van der Waals surface area contributed by atoms with Gasteiger partial charge in [-0.25, -0.2) is 0 Å². The lowest BCUT2D eigenvalue weighted by molar-refractivity contribution is 0.249. The molecule has 1 atom stereocenters. The van der Waals surface area contributed by atoms with Crippen LogP contribution in [0.4, 0.5) is 0 Å². The minimum Gasteiger partial charge on any atom is -0.327 e. The predicted octanol–water partition coefficient (Wildman–Crippen LogP) is 3.25. The molecule has 0 spiro atoms. The van der Waals surface area contributed by atoms with Crippen molar-refractivity contribution in [1.29, 1.82) is 0 Å². The van der Waals surface area contributed by atoms with E-state index in [-0.39, 0.29) is 0 Å². The molecule has 13 heavy (non-hydrogen) atoms. The lowest BCUT2D eigenvalue weighted by atomic mass is 9.78. The summed E-state index contributed by atoms with van der Waals surface area (Å²) in [7, 11) is 0. The highest BCUT2D eigenvalue weighted by molar-refractivity contribution is 4.79. The SMILES string of the molecule is C=CCCCCCC(N)C1CCC1. The van der Waals surface area contributed by atoms with Crippen molar-refractivity contribution in [3.63, 3.8) is 0 Å². The summed E-state index contributed by atoms with van der Waals surface area (Å²) in [6.45, 7) is 3.72. The predicted molar refractivity (Wildman–Crippen MR) is 58.6 cm³/mol. The quantitative estimate of drug-likeness (QED) is 0.473. The van der Waals surface area contributed by atoms with Gasteiger partial charge in [0.15, 0.2) is 0 Å². The van der Waals surface area contributed by atoms with Crippen LogP contribution >= 0.6 is 0 Å². The molecule has 1 rings (SSSR count). The Labute approximate surface area is 82.4 Å². The molecule has 0 aromatic rings. The third kappa shape index (κ3) is 3.95. The molecule has 1 aliphatic rings. The number of unbranched alkanes of at least 4 members (excludes halogenated alkanes) is 3. The van der Waals surface area contributed by atoms with E-state index in [9.17, 15) is 0 Å². The lowest BCUT2D eigenvalue weighted by Crippen LogP contribution is -2.34. The van der Waals surface area contributed by atoms with Crippen molar-refractivity contribution in [2.75, 3.05) is 0 Å². The second-order valence-corrected chi connectivity index (χ2v) is 4.28. The number of hydrogen-bond donors (Lipinski definition) is 1. The third-order valence-electron chi connectivity index (χ3n) is 3.20. The Morgan fingerprint density at radius 2 is 2.08 bits per heavy atom. The second kappa shape index (κ2) is 6.20. The monoisotopic (exact) mass is 181 g/mol. The first-order chi connectivity index (χ1) is 6.34. The normalized spacial score (nSPS) is 19.5. The Hall–Kier alpha value is -0.300. The van der Waals surface area contributed by atoms with E-state index in [1.807, 2.05) is 6.08 Å². The summed E-state index contributed by atoms with van der Waals surface area (Å²) in [5, 5.41) is 0. The van der Waals surface area contributed by atoms with Crippen molar-refractivity contribution in [1.82, 2.24) is 0 Å². The molecule has 1 unspecified atom stereocenters. The summed E-state index contributed by atoms with van der Waals surface area (Å²) in [6.07, 6.45) is 12.5. The molecule has 0 aromatic carbocycles. The Balaban J connectivity index is 1.89. The summed E-state index contributed by atoms with van der Waals surface area (Å²) in [5.41, 5.74) is 6.07. The van der Waals surface area contributed by atoms with Gasteiger partial charge in [-0.3, -0.25) is 0 Å². The summed E-state index contributed by atoms with van der Waals surface area (Å²) in [4.78, 5) is 0. The molecule has 1 saturated carbocycles. The number of hydrogen-bond acceptors (Lipinski definition) is 1. The van der Waals surface area contributed by atoms with Gasteiger partial charge in [0.05, 0.1) is 0 Å². The van der Waals surface area contributed by atoms with Gasteiger partial charge < -0.3 is 5.73 Å². The third-order valence-corrected chi connectivity index (χ3v) is 3.20. The van der Waals surface area contributed by atoms with Gasteiger partial charge in [0.1, 0.15) is 0 Å². The molecule has 0 amide bonds. The number of allylic oxidation sites excluding steroid dienone is 1. The minimum absolute atomic E-state index is 0.498. The summed E-state index contributed by atoms with van der Waals surface area (Å²) >= 11 is 0. The van der Waals surface area contributed by atoms with Crippen molar-refractivity contribution in [3.05, 3.63) is 12.7 Å². The van der Waals surface area contributed by atoms with Gasteiger partial charge in [-0.1, -0.05) is 25.3 Å².